The van der Waals surface area contributed by atoms with Gasteiger partial charge in [0, 0.05) is 36.9 Å². The molecule has 0 aliphatic rings. The average Bonchev–Trinajstić information content (AvgIpc) is 3.44. The Balaban J connectivity index is 1.70. The van der Waals surface area contributed by atoms with Crippen molar-refractivity contribution in [1.82, 2.24) is 28.2 Å². The van der Waals surface area contributed by atoms with Crippen LogP contribution in [0.3, 0.4) is 0 Å². The van der Waals surface area contributed by atoms with Crippen molar-refractivity contribution in [2.24, 2.45) is 14.1 Å². The van der Waals surface area contributed by atoms with Crippen molar-refractivity contribution in [2.45, 2.75) is 38.8 Å². The Labute approximate surface area is 233 Å². The molecule has 0 spiro atoms. The fourth-order valence-corrected chi connectivity index (χ4v) is 4.97. The van der Waals surface area contributed by atoms with Crippen LogP contribution in [0.2, 0.25) is 5.02 Å². The molecular formula is C28H26ClN7O4. The van der Waals surface area contributed by atoms with Gasteiger partial charge in [-0.05, 0) is 56.7 Å². The van der Waals surface area contributed by atoms with Gasteiger partial charge in [0.1, 0.15) is 17.3 Å². The third-order valence-corrected chi connectivity index (χ3v) is 6.92. The van der Waals surface area contributed by atoms with Crippen molar-refractivity contribution in [3.05, 3.63) is 91.7 Å². The highest BCUT2D eigenvalue weighted by Crippen LogP contribution is 2.29. The maximum absolute atomic E-state index is 13.8. The summed E-state index contributed by atoms with van der Waals surface area (Å²) in [4.78, 5) is 49.1. The third kappa shape index (κ3) is 4.46. The summed E-state index contributed by atoms with van der Waals surface area (Å²) in [7, 11) is 3.13. The number of nitrogens with zero attached hydrogens (tertiary/aromatic N) is 7. The number of pyridine rings is 1. The minimum atomic E-state index is -0.791. The Hall–Kier alpha value is -4.69. The zero-order chi connectivity index (χ0) is 28.9. The number of hydrogen-bond donors (Lipinski definition) is 0. The second-order valence-electron chi connectivity index (χ2n) is 10.4. The van der Waals surface area contributed by atoms with Crippen LogP contribution < -0.4 is 11.2 Å². The number of hydrogen-bond acceptors (Lipinski definition) is 7. The predicted octanol–water partition coefficient (Wildman–Crippen LogP) is 3.92. The first-order valence-corrected chi connectivity index (χ1v) is 12.8. The van der Waals surface area contributed by atoms with Gasteiger partial charge in [-0.1, -0.05) is 17.7 Å². The smallest absolute Gasteiger partial charge is 0.419 e. The molecular weight excluding hydrogens is 534 g/mol. The third-order valence-electron chi connectivity index (χ3n) is 6.59. The molecule has 1 aromatic carbocycles. The van der Waals surface area contributed by atoms with Gasteiger partial charge < -0.3 is 9.30 Å². The number of aryl methyl sites for hydroxylation is 2. The van der Waals surface area contributed by atoms with Crippen LogP contribution in [0.15, 0.2) is 58.4 Å². The van der Waals surface area contributed by atoms with Crippen LogP contribution >= 0.6 is 11.6 Å². The lowest BCUT2D eigenvalue weighted by Crippen LogP contribution is -2.40. The normalized spacial score (nSPS) is 12.5. The van der Waals surface area contributed by atoms with E-state index in [0.29, 0.717) is 33.0 Å². The lowest BCUT2D eigenvalue weighted by Gasteiger charge is -2.21. The summed E-state index contributed by atoms with van der Waals surface area (Å²) in [6.45, 7) is 5.01. The summed E-state index contributed by atoms with van der Waals surface area (Å²) in [5.41, 5.74) is -0.264. The van der Waals surface area contributed by atoms with Crippen LogP contribution in [-0.2, 0) is 25.4 Å². The van der Waals surface area contributed by atoms with Crippen LogP contribution in [0.5, 0.6) is 0 Å². The number of benzene rings is 1. The lowest BCUT2D eigenvalue weighted by molar-refractivity contribution is 0.0540. The summed E-state index contributed by atoms with van der Waals surface area (Å²) in [6, 6.07) is 12.4. The number of rotatable bonds is 4. The summed E-state index contributed by atoms with van der Waals surface area (Å²) in [5, 5.41) is 10.9. The Bertz CT molecular complexity index is 1950. The molecule has 0 aliphatic carbocycles. The van der Waals surface area contributed by atoms with Crippen LogP contribution in [0.25, 0.3) is 22.1 Å². The maximum atomic E-state index is 13.8. The van der Waals surface area contributed by atoms with Gasteiger partial charge in [-0.15, -0.1) is 0 Å². The van der Waals surface area contributed by atoms with Crippen molar-refractivity contribution in [3.8, 4) is 6.07 Å². The van der Waals surface area contributed by atoms with E-state index in [9.17, 15) is 19.6 Å². The molecule has 4 heterocycles. The van der Waals surface area contributed by atoms with Crippen LogP contribution in [0.4, 0.5) is 4.79 Å². The molecule has 11 nitrogen and oxygen atoms in total. The van der Waals surface area contributed by atoms with Gasteiger partial charge in [-0.2, -0.15) is 5.26 Å². The first-order chi connectivity index (χ1) is 18.9. The standard InChI is InChI=1S/C28H26ClN7O4/c1-28(2,3)40-27(39)36-17(13-18-20(29)7-6-8-21(18)36)15-35-25(37)22-24(34(5)26(35)38)32-23(33(22)4)19(14-30)16-9-11-31-12-10-16/h6-13,19H,15H2,1-5H3. The number of imidazole rings is 1. The molecule has 0 radical (unpaired) electrons. The summed E-state index contributed by atoms with van der Waals surface area (Å²) < 4.78 is 10.8. The van der Waals surface area contributed by atoms with Gasteiger partial charge in [0.2, 0.25) is 0 Å². The number of nitriles is 1. The van der Waals surface area contributed by atoms with Crippen molar-refractivity contribution in [2.75, 3.05) is 0 Å². The molecule has 0 amide bonds. The molecule has 0 saturated heterocycles. The predicted molar refractivity (Wildman–Crippen MR) is 150 cm³/mol. The highest BCUT2D eigenvalue weighted by molar-refractivity contribution is 6.35. The molecule has 1 atom stereocenters. The Morgan fingerprint density at radius 1 is 1.12 bits per heavy atom. The van der Waals surface area contributed by atoms with Crippen LogP contribution in [-0.4, -0.2) is 39.9 Å². The minimum Gasteiger partial charge on any atom is -0.443 e. The second kappa shape index (κ2) is 9.81. The zero-order valence-corrected chi connectivity index (χ0v) is 23.3. The quantitative estimate of drug-likeness (QED) is 0.326. The minimum absolute atomic E-state index is 0.143. The van der Waals surface area contributed by atoms with E-state index >= 15 is 0 Å². The Kier molecular flexibility index (Phi) is 6.59. The SMILES string of the molecule is Cn1c(C(C#N)c2ccncc2)nc2c1c(=O)n(Cc1cc3c(Cl)cccc3n1C(=O)OC(C)(C)C)c(=O)n2C. The zero-order valence-electron chi connectivity index (χ0n) is 22.5. The Morgan fingerprint density at radius 2 is 1.82 bits per heavy atom. The van der Waals surface area contributed by atoms with E-state index in [0.717, 1.165) is 4.57 Å². The number of aromatic nitrogens is 6. The largest absolute Gasteiger partial charge is 0.443 e. The Morgan fingerprint density at radius 3 is 2.48 bits per heavy atom. The molecule has 5 aromatic rings. The number of ether oxygens (including phenoxy) is 1. The summed E-state index contributed by atoms with van der Waals surface area (Å²) >= 11 is 6.42. The fourth-order valence-electron chi connectivity index (χ4n) is 4.75. The molecule has 0 fully saturated rings. The van der Waals surface area contributed by atoms with E-state index < -0.39 is 28.9 Å². The maximum Gasteiger partial charge on any atom is 0.419 e. The van der Waals surface area contributed by atoms with Gasteiger partial charge in [-0.25, -0.2) is 19.1 Å². The molecule has 0 aliphatic heterocycles. The van der Waals surface area contributed by atoms with Crippen molar-refractivity contribution >= 4 is 39.8 Å². The lowest BCUT2D eigenvalue weighted by atomic mass is 10.0. The van der Waals surface area contributed by atoms with Gasteiger partial charge >= 0.3 is 11.8 Å². The van der Waals surface area contributed by atoms with Gasteiger partial charge in [0.25, 0.3) is 5.56 Å². The monoisotopic (exact) mass is 559 g/mol. The van der Waals surface area contributed by atoms with E-state index in [1.54, 1.807) is 76.6 Å². The van der Waals surface area contributed by atoms with E-state index in [-0.39, 0.29) is 17.7 Å². The molecule has 204 valence electrons. The molecule has 0 N–H and O–H groups in total. The highest BCUT2D eigenvalue weighted by atomic mass is 35.5. The first kappa shape index (κ1) is 26.9. The molecule has 5 rings (SSSR count). The molecule has 0 bridgehead atoms. The molecule has 1 unspecified atom stereocenters. The van der Waals surface area contributed by atoms with Gasteiger partial charge in [-0.3, -0.25) is 18.9 Å². The fraction of sp³-hybridized carbons (Fsp3) is 0.286. The molecule has 12 heteroatoms. The van der Waals surface area contributed by atoms with Gasteiger partial charge in [0.15, 0.2) is 11.2 Å². The molecule has 40 heavy (non-hydrogen) atoms. The first-order valence-electron chi connectivity index (χ1n) is 12.4. The van der Waals surface area contributed by atoms with E-state index in [4.69, 9.17) is 16.3 Å². The summed E-state index contributed by atoms with van der Waals surface area (Å²) in [5.74, 6) is -0.483. The average molecular weight is 560 g/mol. The van der Waals surface area contributed by atoms with E-state index in [1.165, 1.54) is 20.7 Å². The van der Waals surface area contributed by atoms with Crippen LogP contribution in [0.1, 0.15) is 43.8 Å². The number of fused-ring (bicyclic) bond motifs is 2. The molecule has 0 saturated carbocycles. The van der Waals surface area contributed by atoms with E-state index in [2.05, 4.69) is 16.0 Å². The van der Waals surface area contributed by atoms with Crippen molar-refractivity contribution < 1.29 is 9.53 Å². The van der Waals surface area contributed by atoms with Crippen LogP contribution in [0, 0.1) is 11.3 Å². The second-order valence-corrected chi connectivity index (χ2v) is 10.8. The number of carbonyl (C=O) groups is 1. The van der Waals surface area contributed by atoms with Crippen molar-refractivity contribution in [3.63, 3.8) is 0 Å². The highest BCUT2D eigenvalue weighted by Gasteiger charge is 2.27. The number of halogens is 1. The van der Waals surface area contributed by atoms with Gasteiger partial charge in [0.05, 0.1) is 23.8 Å². The van der Waals surface area contributed by atoms with Crippen molar-refractivity contribution in [1.29, 1.82) is 5.26 Å². The molecule has 4 aromatic heterocycles. The number of carbonyl (C=O) groups excluding carboxylic acids is 1. The van der Waals surface area contributed by atoms with E-state index in [1.807, 2.05) is 0 Å². The topological polar surface area (TPSA) is 130 Å². The summed E-state index contributed by atoms with van der Waals surface area (Å²) in [6.07, 6.45) is 2.48.